The maximum Gasteiger partial charge on any atom is 0.273 e. The highest BCUT2D eigenvalue weighted by atomic mass is 16.2. The number of hydrogen-bond donors (Lipinski definition) is 2. The van der Waals surface area contributed by atoms with Crippen LogP contribution in [0.2, 0.25) is 0 Å². The fourth-order valence-corrected chi connectivity index (χ4v) is 4.48. The molecule has 2 N–H and O–H groups in total. The van der Waals surface area contributed by atoms with Gasteiger partial charge in [0.1, 0.15) is 11.2 Å². The zero-order valence-electron chi connectivity index (χ0n) is 21.3. The lowest BCUT2D eigenvalue weighted by atomic mass is 9.93. The number of aryl methyl sites for hydroxylation is 2. The van der Waals surface area contributed by atoms with E-state index in [2.05, 4.69) is 15.6 Å². The largest absolute Gasteiger partial charge is 0.350 e. The molecule has 1 atom stereocenters. The number of hydrogen-bond acceptors (Lipinski definition) is 4. The Kier molecular flexibility index (Phi) is 7.24. The zero-order valence-corrected chi connectivity index (χ0v) is 21.3. The van der Waals surface area contributed by atoms with Crippen LogP contribution in [0, 0.1) is 13.8 Å². The van der Waals surface area contributed by atoms with Gasteiger partial charge in [0.15, 0.2) is 5.69 Å². The maximum atomic E-state index is 13.6. The fraction of sp³-hybridized carbons (Fsp3) is 0.357. The summed E-state index contributed by atoms with van der Waals surface area (Å²) >= 11 is 0. The van der Waals surface area contributed by atoms with Crippen molar-refractivity contribution in [2.45, 2.75) is 59.3 Å². The van der Waals surface area contributed by atoms with Gasteiger partial charge in [0.25, 0.3) is 11.8 Å². The van der Waals surface area contributed by atoms with Crippen molar-refractivity contribution in [1.29, 1.82) is 0 Å². The summed E-state index contributed by atoms with van der Waals surface area (Å²) in [5.74, 6) is -1.02. The van der Waals surface area contributed by atoms with E-state index in [0.717, 1.165) is 22.3 Å². The van der Waals surface area contributed by atoms with Crippen molar-refractivity contribution in [1.82, 2.24) is 25.1 Å². The highest BCUT2D eigenvalue weighted by Crippen LogP contribution is 2.29. The van der Waals surface area contributed by atoms with Gasteiger partial charge in [-0.2, -0.15) is 0 Å². The maximum absolute atomic E-state index is 13.6. The van der Waals surface area contributed by atoms with Gasteiger partial charge in [-0.1, -0.05) is 66.6 Å². The Morgan fingerprint density at radius 1 is 0.944 bits per heavy atom. The van der Waals surface area contributed by atoms with E-state index in [1.807, 2.05) is 69.3 Å². The molecule has 188 valence electrons. The Morgan fingerprint density at radius 2 is 1.50 bits per heavy atom. The van der Waals surface area contributed by atoms with Crippen molar-refractivity contribution in [3.8, 4) is 0 Å². The van der Waals surface area contributed by atoms with E-state index in [4.69, 9.17) is 0 Å². The van der Waals surface area contributed by atoms with Gasteiger partial charge in [-0.15, -0.1) is 0 Å². The van der Waals surface area contributed by atoms with E-state index < -0.39 is 11.4 Å². The number of amides is 3. The molecule has 0 fully saturated rings. The predicted molar refractivity (Wildman–Crippen MR) is 137 cm³/mol. The number of carbonyl (C=O) groups excluding carboxylic acids is 3. The number of nitrogens with one attached hydrogen (secondary N) is 2. The quantitative estimate of drug-likeness (QED) is 0.509. The summed E-state index contributed by atoms with van der Waals surface area (Å²) in [7, 11) is 0. The summed E-state index contributed by atoms with van der Waals surface area (Å²) in [6.07, 6.45) is 2.15. The third-order valence-electron chi connectivity index (χ3n) is 6.66. The summed E-state index contributed by atoms with van der Waals surface area (Å²) < 4.78 is 1.63. The molecule has 0 saturated heterocycles. The van der Waals surface area contributed by atoms with Crippen molar-refractivity contribution in [2.24, 2.45) is 0 Å². The number of benzene rings is 2. The lowest BCUT2D eigenvalue weighted by molar-refractivity contribution is -0.133. The second-order valence-electron chi connectivity index (χ2n) is 9.64. The summed E-state index contributed by atoms with van der Waals surface area (Å²) in [4.78, 5) is 45.9. The van der Waals surface area contributed by atoms with Gasteiger partial charge in [0.2, 0.25) is 5.91 Å². The van der Waals surface area contributed by atoms with Crippen molar-refractivity contribution in [3.05, 3.63) is 88.5 Å². The smallest absolute Gasteiger partial charge is 0.273 e. The molecular formula is C28H33N5O3. The van der Waals surface area contributed by atoms with E-state index in [-0.39, 0.29) is 29.7 Å². The minimum atomic E-state index is -1.11. The third kappa shape index (κ3) is 5.03. The minimum absolute atomic E-state index is 0.0790. The zero-order chi connectivity index (χ0) is 25.9. The number of aromatic nitrogens is 2. The highest BCUT2D eigenvalue weighted by molar-refractivity contribution is 6.07. The molecule has 0 bridgehead atoms. The molecule has 1 aliphatic rings. The normalized spacial score (nSPS) is 17.0. The Labute approximate surface area is 211 Å². The first-order valence-corrected chi connectivity index (χ1v) is 12.3. The molecule has 0 saturated carbocycles. The van der Waals surface area contributed by atoms with E-state index >= 15 is 0 Å². The molecule has 1 aromatic heterocycles. The summed E-state index contributed by atoms with van der Waals surface area (Å²) in [5.41, 5.74) is 3.41. The topological polar surface area (TPSA) is 96.3 Å². The number of fused-ring (bicyclic) bond motifs is 1. The molecule has 0 unspecified atom stereocenters. The lowest BCUT2D eigenvalue weighted by Gasteiger charge is -2.43. The molecular weight excluding hydrogens is 454 g/mol. The van der Waals surface area contributed by atoms with Crippen LogP contribution in [0.25, 0.3) is 0 Å². The summed E-state index contributed by atoms with van der Waals surface area (Å²) in [6, 6.07) is 15.8. The van der Waals surface area contributed by atoms with Gasteiger partial charge in [-0.05, 0) is 38.3 Å². The molecule has 3 amide bonds. The minimum Gasteiger partial charge on any atom is -0.350 e. The van der Waals surface area contributed by atoms with Crippen LogP contribution < -0.4 is 10.6 Å². The van der Waals surface area contributed by atoms with Gasteiger partial charge < -0.3 is 20.1 Å². The number of rotatable bonds is 8. The monoisotopic (exact) mass is 487 g/mol. The molecule has 0 aliphatic carbocycles. The number of imidazole rings is 1. The second kappa shape index (κ2) is 10.4. The van der Waals surface area contributed by atoms with Gasteiger partial charge >= 0.3 is 0 Å². The van der Waals surface area contributed by atoms with E-state index in [0.29, 0.717) is 26.1 Å². The Morgan fingerprint density at radius 3 is 2.06 bits per heavy atom. The van der Waals surface area contributed by atoms with Crippen molar-refractivity contribution in [2.75, 3.05) is 6.54 Å². The SMILES string of the molecule is CCCN1C(=O)c2c(C(=O)NCc3ccc(C)cc3)ncn2C[C@]1(C)C(=O)NCc1ccc(C)cc1. The average molecular weight is 488 g/mol. The highest BCUT2D eigenvalue weighted by Gasteiger charge is 2.48. The van der Waals surface area contributed by atoms with E-state index in [1.54, 1.807) is 16.4 Å². The molecule has 1 aliphatic heterocycles. The van der Waals surface area contributed by atoms with Gasteiger partial charge in [0, 0.05) is 19.6 Å². The molecule has 2 heterocycles. The van der Waals surface area contributed by atoms with Crippen molar-refractivity contribution < 1.29 is 14.4 Å². The molecule has 0 spiro atoms. The lowest BCUT2D eigenvalue weighted by Crippen LogP contribution is -2.64. The van der Waals surface area contributed by atoms with Crippen LogP contribution in [0.15, 0.2) is 54.9 Å². The first-order valence-electron chi connectivity index (χ1n) is 12.3. The van der Waals surface area contributed by atoms with Crippen LogP contribution in [0.4, 0.5) is 0 Å². The predicted octanol–water partition coefficient (Wildman–Crippen LogP) is 3.37. The molecule has 4 rings (SSSR count). The van der Waals surface area contributed by atoms with Crippen LogP contribution in [-0.4, -0.2) is 44.3 Å². The fourth-order valence-electron chi connectivity index (χ4n) is 4.48. The van der Waals surface area contributed by atoms with Crippen LogP contribution >= 0.6 is 0 Å². The Bertz CT molecular complexity index is 1260. The van der Waals surface area contributed by atoms with E-state index in [9.17, 15) is 14.4 Å². The average Bonchev–Trinajstić information content (AvgIpc) is 3.29. The molecule has 8 nitrogen and oxygen atoms in total. The number of carbonyl (C=O) groups is 3. The Balaban J connectivity index is 1.53. The number of nitrogens with zero attached hydrogens (tertiary/aromatic N) is 3. The van der Waals surface area contributed by atoms with Crippen LogP contribution in [0.1, 0.15) is 63.5 Å². The molecule has 2 aromatic carbocycles. The Hall–Kier alpha value is -3.94. The second-order valence-corrected chi connectivity index (χ2v) is 9.64. The standard InChI is InChI=1S/C28H33N5O3/c1-5-14-33-26(35)24-23(25(34)29-15-21-10-6-19(2)7-11-21)31-18-32(24)17-28(33,4)27(36)30-16-22-12-8-20(3)9-13-22/h6-13,18H,5,14-17H2,1-4H3,(H,29,34)(H,30,36)/t28-/m1/s1. The first kappa shape index (κ1) is 25.2. The van der Waals surface area contributed by atoms with Gasteiger partial charge in [-0.25, -0.2) is 4.98 Å². The molecule has 0 radical (unpaired) electrons. The van der Waals surface area contributed by atoms with Crippen LogP contribution in [-0.2, 0) is 24.4 Å². The molecule has 8 heteroatoms. The van der Waals surface area contributed by atoms with Crippen molar-refractivity contribution in [3.63, 3.8) is 0 Å². The third-order valence-corrected chi connectivity index (χ3v) is 6.66. The first-order chi connectivity index (χ1) is 17.2. The summed E-state index contributed by atoms with van der Waals surface area (Å²) in [5, 5.41) is 5.85. The molecule has 36 heavy (non-hydrogen) atoms. The molecule has 3 aromatic rings. The van der Waals surface area contributed by atoms with E-state index in [1.165, 1.54) is 6.33 Å². The van der Waals surface area contributed by atoms with Gasteiger partial charge in [-0.3, -0.25) is 14.4 Å². The summed E-state index contributed by atoms with van der Waals surface area (Å²) in [6.45, 7) is 9.05. The van der Waals surface area contributed by atoms with Crippen LogP contribution in [0.3, 0.4) is 0 Å². The van der Waals surface area contributed by atoms with Crippen LogP contribution in [0.5, 0.6) is 0 Å². The van der Waals surface area contributed by atoms with Gasteiger partial charge in [0.05, 0.1) is 12.9 Å². The van der Waals surface area contributed by atoms with Crippen molar-refractivity contribution >= 4 is 17.7 Å².